The van der Waals surface area contributed by atoms with Crippen LogP contribution >= 0.6 is 23.2 Å². The standard InChI is InChI=1S/C13H8Cl2F3N/c14-9-2-1-3-10(15)8(9)6-19-12-5-7(16)4-11(17)13(12)18/h1-5,19H,6H2. The van der Waals surface area contributed by atoms with Crippen molar-refractivity contribution in [2.24, 2.45) is 0 Å². The Labute approximate surface area is 118 Å². The third-order valence-electron chi connectivity index (χ3n) is 2.51. The Morgan fingerprint density at radius 2 is 1.63 bits per heavy atom. The molecular weight excluding hydrogens is 298 g/mol. The zero-order valence-corrected chi connectivity index (χ0v) is 11.0. The Bertz CT molecular complexity index is 597. The van der Waals surface area contributed by atoms with Crippen molar-refractivity contribution >= 4 is 28.9 Å². The maximum atomic E-state index is 13.4. The van der Waals surface area contributed by atoms with Crippen LogP contribution in [0.3, 0.4) is 0 Å². The monoisotopic (exact) mass is 305 g/mol. The summed E-state index contributed by atoms with van der Waals surface area (Å²) >= 11 is 11.9. The molecule has 0 unspecified atom stereocenters. The van der Waals surface area contributed by atoms with Crippen LogP contribution in [0.1, 0.15) is 5.56 Å². The minimum atomic E-state index is -1.26. The second-order valence-electron chi connectivity index (χ2n) is 3.80. The van der Waals surface area contributed by atoms with Gasteiger partial charge in [-0.1, -0.05) is 29.3 Å². The van der Waals surface area contributed by atoms with E-state index in [1.165, 1.54) is 0 Å². The zero-order valence-electron chi connectivity index (χ0n) is 9.48. The molecule has 0 fully saturated rings. The first kappa shape index (κ1) is 14.0. The minimum Gasteiger partial charge on any atom is -0.378 e. The Morgan fingerprint density at radius 3 is 2.26 bits per heavy atom. The first-order chi connectivity index (χ1) is 8.99. The third-order valence-corrected chi connectivity index (χ3v) is 3.22. The summed E-state index contributed by atoms with van der Waals surface area (Å²) in [5, 5.41) is 3.34. The molecule has 0 saturated carbocycles. The fourth-order valence-corrected chi connectivity index (χ4v) is 2.10. The van der Waals surface area contributed by atoms with Crippen LogP contribution in [0.4, 0.5) is 18.9 Å². The summed E-state index contributed by atoms with van der Waals surface area (Å²) in [6, 6.07) is 6.24. The molecule has 19 heavy (non-hydrogen) atoms. The van der Waals surface area contributed by atoms with Crippen molar-refractivity contribution in [3.05, 3.63) is 63.4 Å². The van der Waals surface area contributed by atoms with Gasteiger partial charge in [-0.25, -0.2) is 13.2 Å². The lowest BCUT2D eigenvalue weighted by Crippen LogP contribution is -2.04. The molecule has 0 spiro atoms. The van der Waals surface area contributed by atoms with Crippen molar-refractivity contribution in [3.63, 3.8) is 0 Å². The molecular formula is C13H8Cl2F3N. The van der Waals surface area contributed by atoms with Gasteiger partial charge in [-0.15, -0.1) is 0 Å². The van der Waals surface area contributed by atoms with E-state index in [0.717, 1.165) is 6.07 Å². The number of benzene rings is 2. The highest BCUT2D eigenvalue weighted by molar-refractivity contribution is 6.36. The summed E-state index contributed by atoms with van der Waals surface area (Å²) in [4.78, 5) is 0. The average molecular weight is 306 g/mol. The van der Waals surface area contributed by atoms with Gasteiger partial charge in [0.15, 0.2) is 11.6 Å². The van der Waals surface area contributed by atoms with Gasteiger partial charge < -0.3 is 5.32 Å². The normalized spacial score (nSPS) is 10.6. The summed E-state index contributed by atoms with van der Waals surface area (Å²) in [6.07, 6.45) is 0. The molecule has 0 aliphatic rings. The first-order valence-corrected chi connectivity index (χ1v) is 6.06. The number of rotatable bonds is 3. The topological polar surface area (TPSA) is 12.0 Å². The predicted molar refractivity (Wildman–Crippen MR) is 70.1 cm³/mol. The summed E-state index contributed by atoms with van der Waals surface area (Å²) in [6.45, 7) is 0.0539. The van der Waals surface area contributed by atoms with Crippen LogP contribution in [0, 0.1) is 17.5 Å². The van der Waals surface area contributed by atoms with Crippen molar-refractivity contribution in [1.82, 2.24) is 0 Å². The van der Waals surface area contributed by atoms with Crippen LogP contribution in [0.2, 0.25) is 10.0 Å². The van der Waals surface area contributed by atoms with Crippen LogP contribution in [-0.4, -0.2) is 0 Å². The smallest absolute Gasteiger partial charge is 0.182 e. The van der Waals surface area contributed by atoms with Crippen LogP contribution in [-0.2, 0) is 6.54 Å². The molecule has 0 atom stereocenters. The second-order valence-corrected chi connectivity index (χ2v) is 4.62. The maximum absolute atomic E-state index is 13.4. The van der Waals surface area contributed by atoms with Crippen molar-refractivity contribution in [1.29, 1.82) is 0 Å². The maximum Gasteiger partial charge on any atom is 0.182 e. The van der Waals surface area contributed by atoms with Crippen molar-refractivity contribution in [3.8, 4) is 0 Å². The molecule has 0 heterocycles. The molecule has 2 rings (SSSR count). The fourth-order valence-electron chi connectivity index (χ4n) is 1.57. The summed E-state index contributed by atoms with van der Waals surface area (Å²) in [5.41, 5.74) is 0.239. The van der Waals surface area contributed by atoms with Crippen LogP contribution in [0.5, 0.6) is 0 Å². The largest absolute Gasteiger partial charge is 0.378 e. The van der Waals surface area contributed by atoms with E-state index < -0.39 is 17.5 Å². The number of hydrogen-bond donors (Lipinski definition) is 1. The minimum absolute atomic E-state index is 0.0539. The van der Waals surface area contributed by atoms with Crippen molar-refractivity contribution in [2.75, 3.05) is 5.32 Å². The SMILES string of the molecule is Fc1cc(F)c(F)c(NCc2c(Cl)cccc2Cl)c1. The lowest BCUT2D eigenvalue weighted by Gasteiger charge is -2.11. The number of halogens is 5. The quantitative estimate of drug-likeness (QED) is 0.785. The van der Waals surface area contributed by atoms with Gasteiger partial charge in [0.1, 0.15) is 5.82 Å². The molecule has 0 bridgehead atoms. The van der Waals surface area contributed by atoms with Crippen LogP contribution in [0.15, 0.2) is 30.3 Å². The zero-order chi connectivity index (χ0) is 14.0. The molecule has 0 amide bonds. The van der Waals surface area contributed by atoms with E-state index in [0.29, 0.717) is 21.7 Å². The molecule has 6 heteroatoms. The molecule has 2 aromatic rings. The van der Waals surface area contributed by atoms with Gasteiger partial charge in [-0.2, -0.15) is 0 Å². The van der Waals surface area contributed by atoms with E-state index in [9.17, 15) is 13.2 Å². The van der Waals surface area contributed by atoms with Gasteiger partial charge >= 0.3 is 0 Å². The molecule has 1 nitrogen and oxygen atoms in total. The van der Waals surface area contributed by atoms with E-state index in [1.54, 1.807) is 18.2 Å². The van der Waals surface area contributed by atoms with Crippen LogP contribution < -0.4 is 5.32 Å². The third kappa shape index (κ3) is 3.14. The molecule has 0 aliphatic carbocycles. The Morgan fingerprint density at radius 1 is 1.00 bits per heavy atom. The van der Waals surface area contributed by atoms with Gasteiger partial charge in [0.25, 0.3) is 0 Å². The van der Waals surface area contributed by atoms with Crippen LogP contribution in [0.25, 0.3) is 0 Å². The number of hydrogen-bond acceptors (Lipinski definition) is 1. The van der Waals surface area contributed by atoms with Crippen molar-refractivity contribution in [2.45, 2.75) is 6.54 Å². The Hall–Kier alpha value is -1.39. The summed E-state index contributed by atoms with van der Waals surface area (Å²) in [7, 11) is 0. The number of nitrogens with one attached hydrogen (secondary N) is 1. The highest BCUT2D eigenvalue weighted by Crippen LogP contribution is 2.26. The van der Waals surface area contributed by atoms with Gasteiger partial charge in [0.2, 0.25) is 0 Å². The Balaban J connectivity index is 2.24. The number of anilines is 1. The molecule has 100 valence electrons. The summed E-state index contributed by atoms with van der Waals surface area (Å²) in [5.74, 6) is -3.27. The van der Waals surface area contributed by atoms with E-state index in [1.807, 2.05) is 0 Å². The fraction of sp³-hybridized carbons (Fsp3) is 0.0769. The van der Waals surface area contributed by atoms with E-state index >= 15 is 0 Å². The molecule has 0 radical (unpaired) electrons. The molecule has 1 N–H and O–H groups in total. The lowest BCUT2D eigenvalue weighted by molar-refractivity contribution is 0.497. The van der Waals surface area contributed by atoms with E-state index in [4.69, 9.17) is 23.2 Å². The average Bonchev–Trinajstić information content (AvgIpc) is 2.34. The van der Waals surface area contributed by atoms with E-state index in [-0.39, 0.29) is 12.2 Å². The highest BCUT2D eigenvalue weighted by atomic mass is 35.5. The first-order valence-electron chi connectivity index (χ1n) is 5.30. The summed E-state index contributed by atoms with van der Waals surface area (Å²) < 4.78 is 39.4. The highest BCUT2D eigenvalue weighted by Gasteiger charge is 2.12. The molecule has 0 saturated heterocycles. The molecule has 0 aromatic heterocycles. The van der Waals surface area contributed by atoms with Crippen molar-refractivity contribution < 1.29 is 13.2 Å². The molecule has 0 aliphatic heterocycles. The predicted octanol–water partition coefficient (Wildman–Crippen LogP) is 5.02. The van der Waals surface area contributed by atoms with Gasteiger partial charge in [-0.3, -0.25) is 0 Å². The van der Waals surface area contributed by atoms with Gasteiger partial charge in [-0.05, 0) is 12.1 Å². The lowest BCUT2D eigenvalue weighted by atomic mass is 10.2. The molecule has 2 aromatic carbocycles. The second kappa shape index (κ2) is 5.72. The Kier molecular flexibility index (Phi) is 4.22. The van der Waals surface area contributed by atoms with Gasteiger partial charge in [0.05, 0.1) is 5.69 Å². The van der Waals surface area contributed by atoms with E-state index in [2.05, 4.69) is 5.32 Å². The van der Waals surface area contributed by atoms with Gasteiger partial charge in [0, 0.05) is 34.3 Å².